The van der Waals surface area contributed by atoms with Crippen molar-refractivity contribution in [3.63, 3.8) is 0 Å². The molecule has 1 atom stereocenters. The Balaban J connectivity index is 1.51. The Bertz CT molecular complexity index is 2190. The van der Waals surface area contributed by atoms with Crippen molar-refractivity contribution in [1.29, 1.82) is 0 Å². The first-order valence-electron chi connectivity index (χ1n) is 16.0. The highest BCUT2D eigenvalue weighted by Gasteiger charge is 2.35. The van der Waals surface area contributed by atoms with Crippen molar-refractivity contribution in [2.75, 3.05) is 13.2 Å². The number of rotatable bonds is 12. The van der Waals surface area contributed by atoms with Crippen molar-refractivity contribution in [2.24, 2.45) is 4.99 Å². The number of carbonyl (C=O) groups is 1. The summed E-state index contributed by atoms with van der Waals surface area (Å²) in [5, 5.41) is 0.657. The first-order valence-corrected chi connectivity index (χ1v) is 17.2. The van der Waals surface area contributed by atoms with Gasteiger partial charge in [-0.2, -0.15) is 0 Å². The van der Waals surface area contributed by atoms with E-state index in [0.29, 0.717) is 56.8 Å². The zero-order valence-corrected chi connectivity index (χ0v) is 28.8. The molecule has 1 aliphatic heterocycles. The van der Waals surface area contributed by atoms with Gasteiger partial charge >= 0.3 is 5.97 Å². The van der Waals surface area contributed by atoms with E-state index in [4.69, 9.17) is 30.8 Å². The van der Waals surface area contributed by atoms with Gasteiger partial charge in [-0.15, -0.1) is 6.58 Å². The molecule has 0 amide bonds. The van der Waals surface area contributed by atoms with Crippen molar-refractivity contribution >= 4 is 40.7 Å². The van der Waals surface area contributed by atoms with E-state index in [1.54, 1.807) is 17.6 Å². The maximum absolute atomic E-state index is 14.4. The molecular weight excluding hydrogens is 656 g/mol. The Morgan fingerprint density at radius 3 is 2.35 bits per heavy atom. The number of benzene rings is 4. The van der Waals surface area contributed by atoms with E-state index in [1.807, 2.05) is 110 Å². The van der Waals surface area contributed by atoms with Crippen LogP contribution in [0, 0.1) is 0 Å². The largest absolute Gasteiger partial charge is 0.490 e. The number of carbonyl (C=O) groups excluding carboxylic acids is 1. The molecule has 9 heteroatoms. The second-order valence-corrected chi connectivity index (χ2v) is 12.6. The highest BCUT2D eigenvalue weighted by Crippen LogP contribution is 2.36. The molecule has 0 radical (unpaired) electrons. The van der Waals surface area contributed by atoms with Gasteiger partial charge in [0.15, 0.2) is 16.3 Å². The van der Waals surface area contributed by atoms with E-state index in [-0.39, 0.29) is 12.2 Å². The van der Waals surface area contributed by atoms with Crippen LogP contribution < -0.4 is 24.4 Å². The molecular formula is C40H35ClN2O5S. The van der Waals surface area contributed by atoms with Gasteiger partial charge < -0.3 is 14.2 Å². The molecule has 0 bridgehead atoms. The van der Waals surface area contributed by atoms with Crippen molar-refractivity contribution in [2.45, 2.75) is 32.9 Å². The molecule has 248 valence electrons. The van der Waals surface area contributed by atoms with Gasteiger partial charge in [-0.05, 0) is 67.3 Å². The Morgan fingerprint density at radius 2 is 1.67 bits per heavy atom. The van der Waals surface area contributed by atoms with Gasteiger partial charge in [-0.3, -0.25) is 9.36 Å². The van der Waals surface area contributed by atoms with Crippen molar-refractivity contribution in [3.8, 4) is 11.5 Å². The topological polar surface area (TPSA) is 79.1 Å². The van der Waals surface area contributed by atoms with Crippen LogP contribution in [-0.2, 0) is 22.6 Å². The highest BCUT2D eigenvalue weighted by molar-refractivity contribution is 7.07. The van der Waals surface area contributed by atoms with E-state index >= 15 is 0 Å². The van der Waals surface area contributed by atoms with Gasteiger partial charge in [0.05, 0.1) is 35.1 Å². The molecule has 0 saturated heterocycles. The molecule has 4 aromatic carbocycles. The summed E-state index contributed by atoms with van der Waals surface area (Å²) >= 11 is 7.34. The molecule has 0 saturated carbocycles. The lowest BCUT2D eigenvalue weighted by Gasteiger charge is -2.25. The standard InChI is InChI=1S/C40H35ClN2O5S/c1-4-13-30-22-27(23-32(46-5-2)37(30)48-25-26-18-20-31(41)21-19-26)24-33-38(44)43-36(29-16-11-8-12-17-29)34(39(45)47-6-3)35(42-40(43)49-33)28-14-9-7-10-15-28/h4,7-12,14-24,36H,1,5-6,13,25H2,2-3H3/b33-24+/t36-/m0/s1. The predicted molar refractivity (Wildman–Crippen MR) is 195 cm³/mol. The number of aromatic nitrogens is 1. The molecule has 5 aromatic rings. The Hall–Kier alpha value is -5.18. The van der Waals surface area contributed by atoms with E-state index in [0.717, 1.165) is 27.8 Å². The van der Waals surface area contributed by atoms with Crippen LogP contribution in [0.2, 0.25) is 5.02 Å². The number of hydrogen-bond donors (Lipinski definition) is 0. The molecule has 2 heterocycles. The summed E-state index contributed by atoms with van der Waals surface area (Å²) in [6.07, 6.45) is 4.16. The molecule has 7 nitrogen and oxygen atoms in total. The summed E-state index contributed by atoms with van der Waals surface area (Å²) in [5.74, 6) is 0.664. The lowest BCUT2D eigenvalue weighted by molar-refractivity contribution is -0.138. The normalized spacial score (nSPS) is 14.2. The van der Waals surface area contributed by atoms with Gasteiger partial charge in [-0.25, -0.2) is 9.79 Å². The number of esters is 1. The summed E-state index contributed by atoms with van der Waals surface area (Å²) in [6.45, 7) is 8.56. The molecule has 0 aliphatic carbocycles. The van der Waals surface area contributed by atoms with Gasteiger partial charge in [0.1, 0.15) is 6.61 Å². The summed E-state index contributed by atoms with van der Waals surface area (Å²) in [7, 11) is 0. The summed E-state index contributed by atoms with van der Waals surface area (Å²) in [5.41, 5.74) is 4.65. The monoisotopic (exact) mass is 690 g/mol. The quantitative estimate of drug-likeness (QED) is 0.101. The molecule has 0 spiro atoms. The molecule has 0 N–H and O–H groups in total. The third-order valence-electron chi connectivity index (χ3n) is 7.90. The molecule has 49 heavy (non-hydrogen) atoms. The van der Waals surface area contributed by atoms with E-state index in [1.165, 1.54) is 11.3 Å². The smallest absolute Gasteiger partial charge is 0.338 e. The summed E-state index contributed by atoms with van der Waals surface area (Å²) in [4.78, 5) is 33.5. The van der Waals surface area contributed by atoms with Crippen molar-refractivity contribution < 1.29 is 19.0 Å². The molecule has 6 rings (SSSR count). The van der Waals surface area contributed by atoms with Crippen LogP contribution in [0.3, 0.4) is 0 Å². The molecule has 0 fully saturated rings. The maximum Gasteiger partial charge on any atom is 0.338 e. The lowest BCUT2D eigenvalue weighted by atomic mass is 9.93. The third kappa shape index (κ3) is 7.31. The van der Waals surface area contributed by atoms with Gasteiger partial charge in [0.2, 0.25) is 0 Å². The maximum atomic E-state index is 14.4. The first kappa shape index (κ1) is 33.7. The highest BCUT2D eigenvalue weighted by atomic mass is 35.5. The van der Waals surface area contributed by atoms with Crippen LogP contribution in [0.1, 0.15) is 47.7 Å². The number of allylic oxidation sites excluding steroid dienone is 1. The fraction of sp³-hybridized carbons (Fsp3) is 0.175. The van der Waals surface area contributed by atoms with Gasteiger partial charge in [-0.1, -0.05) is 102 Å². The first-order chi connectivity index (χ1) is 23.9. The zero-order chi connectivity index (χ0) is 34.3. The minimum Gasteiger partial charge on any atom is -0.490 e. The Labute approximate surface area is 293 Å². The summed E-state index contributed by atoms with van der Waals surface area (Å²) in [6, 6.07) is 29.6. The van der Waals surface area contributed by atoms with Crippen LogP contribution in [0.5, 0.6) is 11.5 Å². The number of nitrogens with zero attached hydrogens (tertiary/aromatic N) is 2. The number of hydrogen-bond acceptors (Lipinski definition) is 7. The number of halogens is 1. The Morgan fingerprint density at radius 1 is 0.959 bits per heavy atom. The SMILES string of the molecule is C=CCc1cc(/C=c2/sc3n(c2=O)[C@@H](c2ccccc2)C(C(=O)OCC)=C(c2ccccc2)N=3)cc(OCC)c1OCc1ccc(Cl)cc1. The van der Waals surface area contributed by atoms with Crippen LogP contribution in [0.4, 0.5) is 0 Å². The van der Waals surface area contributed by atoms with Crippen molar-refractivity contribution in [1.82, 2.24) is 4.57 Å². The Kier molecular flexibility index (Phi) is 10.6. The van der Waals surface area contributed by atoms with Gasteiger partial charge in [0.25, 0.3) is 5.56 Å². The summed E-state index contributed by atoms with van der Waals surface area (Å²) < 4.78 is 20.0. The zero-order valence-electron chi connectivity index (χ0n) is 27.2. The minimum absolute atomic E-state index is 0.185. The second kappa shape index (κ2) is 15.4. The second-order valence-electron chi connectivity index (χ2n) is 11.2. The average Bonchev–Trinajstić information content (AvgIpc) is 3.42. The number of thiazole rings is 1. The van der Waals surface area contributed by atoms with Crippen molar-refractivity contribution in [3.05, 3.63) is 168 Å². The molecule has 1 aromatic heterocycles. The number of fused-ring (bicyclic) bond motifs is 1. The molecule has 1 aliphatic rings. The van der Waals surface area contributed by atoms with Gasteiger partial charge in [0, 0.05) is 16.1 Å². The lowest BCUT2D eigenvalue weighted by Crippen LogP contribution is -2.40. The third-order valence-corrected chi connectivity index (χ3v) is 9.14. The average molecular weight is 691 g/mol. The van der Waals surface area contributed by atoms with Crippen LogP contribution >= 0.6 is 22.9 Å². The van der Waals surface area contributed by atoms with Crippen LogP contribution in [-0.4, -0.2) is 23.8 Å². The minimum atomic E-state index is -0.743. The fourth-order valence-electron chi connectivity index (χ4n) is 5.78. The predicted octanol–water partition coefficient (Wildman–Crippen LogP) is 7.30. The molecule has 0 unspecified atom stereocenters. The number of ether oxygens (including phenoxy) is 3. The van der Waals surface area contributed by atoms with Crippen LogP contribution in [0.15, 0.2) is 125 Å². The fourth-order valence-corrected chi connectivity index (χ4v) is 6.91. The van der Waals surface area contributed by atoms with E-state index in [9.17, 15) is 9.59 Å². The van der Waals surface area contributed by atoms with E-state index < -0.39 is 12.0 Å². The van der Waals surface area contributed by atoms with Crippen LogP contribution in [0.25, 0.3) is 11.8 Å². The van der Waals surface area contributed by atoms with E-state index in [2.05, 4.69) is 6.58 Å².